The van der Waals surface area contributed by atoms with Crippen LogP contribution in [0.5, 0.6) is 11.5 Å². The number of rotatable bonds is 2. The van der Waals surface area contributed by atoms with Crippen LogP contribution in [0.25, 0.3) is 0 Å². The van der Waals surface area contributed by atoms with Gasteiger partial charge in [0.1, 0.15) is 11.5 Å². The van der Waals surface area contributed by atoms with Gasteiger partial charge in [0.2, 0.25) is 0 Å². The Morgan fingerprint density at radius 3 is 1.31 bits per heavy atom. The fraction of sp³-hybridized carbons (Fsp3) is 0.333. The van der Waals surface area contributed by atoms with Crippen LogP contribution < -0.4 is 9.47 Å². The van der Waals surface area contributed by atoms with Crippen molar-refractivity contribution in [2.24, 2.45) is 0 Å². The molecule has 6 rings (SSSR count). The van der Waals surface area contributed by atoms with Crippen molar-refractivity contribution in [3.63, 3.8) is 0 Å². The van der Waals surface area contributed by atoms with Gasteiger partial charge in [-0.2, -0.15) is 23.5 Å². The number of halogens is 4. The van der Waals surface area contributed by atoms with Crippen LogP contribution in [0.3, 0.4) is 0 Å². The Balaban J connectivity index is 2.07. The van der Waals surface area contributed by atoms with Crippen molar-refractivity contribution in [1.29, 1.82) is 0 Å². The monoisotopic (exact) mass is 404 g/mol. The molecule has 0 saturated heterocycles. The SMILES string of the molecule is COc1cc2c(OC)cc1CSCc1c(F)c(F)c(c(F)c1F)CSC2. The van der Waals surface area contributed by atoms with E-state index in [0.717, 1.165) is 34.7 Å². The van der Waals surface area contributed by atoms with Gasteiger partial charge in [0.25, 0.3) is 0 Å². The molecule has 0 unspecified atom stereocenters. The number of thioether (sulfide) groups is 2. The number of hydrogen-bond donors (Lipinski definition) is 0. The molecule has 2 aromatic rings. The second-order valence-corrected chi connectivity index (χ2v) is 7.65. The molecule has 2 nitrogen and oxygen atoms in total. The van der Waals surface area contributed by atoms with E-state index in [-0.39, 0.29) is 11.5 Å². The molecule has 8 heteroatoms. The maximum atomic E-state index is 14.2. The van der Waals surface area contributed by atoms with Crippen molar-refractivity contribution >= 4 is 23.5 Å². The first-order valence-corrected chi connectivity index (χ1v) is 10.0. The third-order valence-corrected chi connectivity index (χ3v) is 6.15. The summed E-state index contributed by atoms with van der Waals surface area (Å²) >= 11 is 2.27. The summed E-state index contributed by atoms with van der Waals surface area (Å²) < 4.78 is 67.7. The smallest absolute Gasteiger partial charge is 0.166 e. The summed E-state index contributed by atoms with van der Waals surface area (Å²) in [4.78, 5) is 0. The van der Waals surface area contributed by atoms with Gasteiger partial charge in [0.05, 0.1) is 14.2 Å². The summed E-state index contributed by atoms with van der Waals surface area (Å²) in [5.74, 6) is -3.71. The fourth-order valence-electron chi connectivity index (χ4n) is 2.75. The van der Waals surface area contributed by atoms with Gasteiger partial charge in [0, 0.05) is 45.3 Å². The summed E-state index contributed by atoms with van der Waals surface area (Å²) in [6.07, 6.45) is 0. The molecule has 140 valence electrons. The predicted molar refractivity (Wildman–Crippen MR) is 95.8 cm³/mol. The van der Waals surface area contributed by atoms with Crippen LogP contribution in [-0.4, -0.2) is 14.2 Å². The maximum Gasteiger partial charge on any atom is 0.166 e. The number of benzene rings is 2. The van der Waals surface area contributed by atoms with Gasteiger partial charge in [-0.05, 0) is 12.1 Å². The van der Waals surface area contributed by atoms with Crippen molar-refractivity contribution in [2.45, 2.75) is 23.0 Å². The summed E-state index contributed by atoms with van der Waals surface area (Å²) in [5, 5.41) is 0. The molecule has 0 aromatic heterocycles. The molecule has 4 heterocycles. The minimum absolute atomic E-state index is 0.202. The Labute approximate surface area is 157 Å². The van der Waals surface area contributed by atoms with E-state index in [1.165, 1.54) is 14.2 Å². The molecule has 4 aliphatic heterocycles. The third kappa shape index (κ3) is 3.49. The Bertz CT molecular complexity index is 745. The highest BCUT2D eigenvalue weighted by atomic mass is 32.2. The first-order valence-electron chi connectivity index (χ1n) is 7.70. The summed E-state index contributed by atoms with van der Waals surface area (Å²) in [6.45, 7) is 0. The maximum absolute atomic E-state index is 14.2. The average molecular weight is 404 g/mol. The number of ether oxygens (including phenoxy) is 2. The summed E-state index contributed by atoms with van der Waals surface area (Å²) in [7, 11) is 3.08. The molecule has 2 aromatic carbocycles. The zero-order valence-electron chi connectivity index (χ0n) is 14.1. The first kappa shape index (κ1) is 19.2. The Hall–Kier alpha value is -1.54. The van der Waals surface area contributed by atoms with E-state index in [0.29, 0.717) is 23.0 Å². The number of methoxy groups -OCH3 is 2. The van der Waals surface area contributed by atoms with Gasteiger partial charge in [-0.3, -0.25) is 0 Å². The molecule has 26 heavy (non-hydrogen) atoms. The minimum atomic E-state index is -1.32. The molecule has 0 atom stereocenters. The highest BCUT2D eigenvalue weighted by Gasteiger charge is 2.25. The Morgan fingerprint density at radius 2 is 1.00 bits per heavy atom. The quantitative estimate of drug-likeness (QED) is 0.490. The molecular formula is C18H16F4O2S2. The molecule has 0 spiro atoms. The van der Waals surface area contributed by atoms with Crippen LogP contribution in [-0.2, 0) is 23.0 Å². The van der Waals surface area contributed by atoms with Gasteiger partial charge < -0.3 is 9.47 Å². The van der Waals surface area contributed by atoms with Crippen LogP contribution in [0.15, 0.2) is 12.1 Å². The first-order chi connectivity index (χ1) is 12.5. The molecule has 0 radical (unpaired) electrons. The van der Waals surface area contributed by atoms with Gasteiger partial charge >= 0.3 is 0 Å². The van der Waals surface area contributed by atoms with Gasteiger partial charge in [-0.1, -0.05) is 0 Å². The normalized spacial score (nSPS) is 14.4. The van der Waals surface area contributed by atoms with Crippen molar-refractivity contribution in [2.75, 3.05) is 14.2 Å². The van der Waals surface area contributed by atoms with E-state index < -0.39 is 34.4 Å². The molecule has 0 N–H and O–H groups in total. The molecule has 0 amide bonds. The second-order valence-electron chi connectivity index (χ2n) is 5.67. The third-order valence-electron chi connectivity index (χ3n) is 4.14. The number of hydrogen-bond acceptors (Lipinski definition) is 4. The molecule has 4 aliphatic rings. The van der Waals surface area contributed by atoms with Crippen molar-refractivity contribution in [3.05, 3.63) is 57.7 Å². The van der Waals surface area contributed by atoms with Crippen molar-refractivity contribution in [1.82, 2.24) is 0 Å². The van der Waals surface area contributed by atoms with Crippen molar-refractivity contribution in [3.8, 4) is 11.5 Å². The van der Waals surface area contributed by atoms with E-state index in [2.05, 4.69) is 0 Å². The average Bonchev–Trinajstić information content (AvgIpc) is 2.65. The van der Waals surface area contributed by atoms with E-state index >= 15 is 0 Å². The van der Waals surface area contributed by atoms with E-state index in [4.69, 9.17) is 9.47 Å². The lowest BCUT2D eigenvalue weighted by atomic mass is 10.1. The Kier molecular flexibility index (Phi) is 5.92. The van der Waals surface area contributed by atoms with Crippen molar-refractivity contribution < 1.29 is 27.0 Å². The van der Waals surface area contributed by atoms with Gasteiger partial charge in [-0.25, -0.2) is 17.6 Å². The minimum Gasteiger partial charge on any atom is -0.496 e. The highest BCUT2D eigenvalue weighted by molar-refractivity contribution is 7.98. The molecular weight excluding hydrogens is 388 g/mol. The van der Waals surface area contributed by atoms with Crippen LogP contribution in [0.1, 0.15) is 22.3 Å². The predicted octanol–water partition coefficient (Wildman–Crippen LogP) is 5.44. The standard InChI is InChI=1S/C18H16F4O2S2/c1-23-13-3-10-6-26-8-12-17(21)15(19)11(16(20)18(12)22)7-25-5-9(13)4-14(10)24-2/h3-4H,5-8H2,1-2H3. The lowest BCUT2D eigenvalue weighted by Gasteiger charge is -2.17. The highest BCUT2D eigenvalue weighted by Crippen LogP contribution is 2.37. The molecule has 0 aliphatic carbocycles. The van der Waals surface area contributed by atoms with E-state index in [9.17, 15) is 17.6 Å². The Morgan fingerprint density at radius 1 is 0.654 bits per heavy atom. The van der Waals surface area contributed by atoms with E-state index in [1.54, 1.807) is 0 Å². The summed E-state index contributed by atoms with van der Waals surface area (Å²) in [6, 6.07) is 3.65. The lowest BCUT2D eigenvalue weighted by Crippen LogP contribution is -2.08. The van der Waals surface area contributed by atoms with E-state index in [1.807, 2.05) is 12.1 Å². The van der Waals surface area contributed by atoms with Crippen LogP contribution >= 0.6 is 23.5 Å². The van der Waals surface area contributed by atoms with Crippen LogP contribution in [0.4, 0.5) is 17.6 Å². The second kappa shape index (κ2) is 8.00. The molecule has 4 bridgehead atoms. The van der Waals surface area contributed by atoms with Crippen LogP contribution in [0.2, 0.25) is 0 Å². The zero-order chi connectivity index (χ0) is 18.8. The van der Waals surface area contributed by atoms with Gasteiger partial charge in [0.15, 0.2) is 23.3 Å². The summed E-state index contributed by atoms with van der Waals surface area (Å²) in [5.41, 5.74) is 0.383. The molecule has 0 saturated carbocycles. The zero-order valence-corrected chi connectivity index (χ0v) is 15.8. The fourth-order valence-corrected chi connectivity index (χ4v) is 4.76. The van der Waals surface area contributed by atoms with Gasteiger partial charge in [-0.15, -0.1) is 0 Å². The van der Waals surface area contributed by atoms with Crippen LogP contribution in [0, 0.1) is 23.3 Å². The molecule has 0 fully saturated rings. The topological polar surface area (TPSA) is 18.5 Å². The largest absolute Gasteiger partial charge is 0.496 e. The lowest BCUT2D eigenvalue weighted by molar-refractivity contribution is 0.397.